The Balaban J connectivity index is 1.97. The summed E-state index contributed by atoms with van der Waals surface area (Å²) < 4.78 is 1.81. The van der Waals surface area contributed by atoms with E-state index in [1.165, 1.54) is 11.1 Å². The number of carbonyl (C=O) groups is 1. The van der Waals surface area contributed by atoms with Crippen LogP contribution < -0.4 is 4.90 Å². The topological polar surface area (TPSA) is 37.6 Å². The van der Waals surface area contributed by atoms with Gasteiger partial charge in [-0.1, -0.05) is 35.9 Å². The van der Waals surface area contributed by atoms with Crippen molar-refractivity contribution in [3.63, 3.8) is 0 Å². The van der Waals surface area contributed by atoms with Gasteiger partial charge < -0.3 is 4.90 Å². The minimum absolute atomic E-state index is 0.584. The van der Waals surface area contributed by atoms with Crippen molar-refractivity contribution < 1.29 is 4.79 Å². The van der Waals surface area contributed by atoms with Crippen LogP contribution in [0.1, 0.15) is 21.6 Å². The molecule has 0 bridgehead atoms. The number of aryl methyl sites for hydroxylation is 1. The molecular formula is C17H17N3O. The molecule has 0 aliphatic heterocycles. The smallest absolute Gasteiger partial charge is 0.170 e. The van der Waals surface area contributed by atoms with Gasteiger partial charge in [0, 0.05) is 19.8 Å². The molecule has 0 N–H and O–H groups in total. The molecule has 0 radical (unpaired) electrons. The molecule has 0 aliphatic rings. The summed E-state index contributed by atoms with van der Waals surface area (Å²) in [6.07, 6.45) is 2.72. The number of benzene rings is 1. The zero-order chi connectivity index (χ0) is 14.8. The van der Waals surface area contributed by atoms with E-state index in [1.807, 2.05) is 46.8 Å². The first kappa shape index (κ1) is 13.4. The minimum Gasteiger partial charge on any atom is -0.353 e. The van der Waals surface area contributed by atoms with Crippen molar-refractivity contribution in [2.24, 2.45) is 0 Å². The number of anilines is 1. The van der Waals surface area contributed by atoms with E-state index < -0.39 is 0 Å². The summed E-state index contributed by atoms with van der Waals surface area (Å²) in [6.45, 7) is 2.79. The Morgan fingerprint density at radius 3 is 2.86 bits per heavy atom. The highest BCUT2D eigenvalue weighted by atomic mass is 16.1. The first-order valence-corrected chi connectivity index (χ1v) is 6.88. The molecule has 2 aromatic heterocycles. The van der Waals surface area contributed by atoms with Crippen molar-refractivity contribution >= 4 is 17.8 Å². The third-order valence-electron chi connectivity index (χ3n) is 3.52. The lowest BCUT2D eigenvalue weighted by atomic mass is 10.1. The Labute approximate surface area is 123 Å². The summed E-state index contributed by atoms with van der Waals surface area (Å²) in [7, 11) is 1.96. The second-order valence-corrected chi connectivity index (χ2v) is 5.21. The van der Waals surface area contributed by atoms with Crippen LogP contribution in [0.3, 0.4) is 0 Å². The van der Waals surface area contributed by atoms with E-state index in [4.69, 9.17) is 0 Å². The van der Waals surface area contributed by atoms with Gasteiger partial charge in [0.2, 0.25) is 0 Å². The van der Waals surface area contributed by atoms with Gasteiger partial charge in [-0.2, -0.15) is 0 Å². The summed E-state index contributed by atoms with van der Waals surface area (Å²) in [5.41, 5.74) is 3.80. The van der Waals surface area contributed by atoms with Gasteiger partial charge in [0.25, 0.3) is 0 Å². The van der Waals surface area contributed by atoms with Crippen LogP contribution in [0.2, 0.25) is 0 Å². The fraction of sp³-hybridized carbons (Fsp3) is 0.176. The van der Waals surface area contributed by atoms with Crippen LogP contribution in [-0.2, 0) is 6.54 Å². The summed E-state index contributed by atoms with van der Waals surface area (Å²) >= 11 is 0. The molecule has 0 atom stereocenters. The number of nitrogens with zero attached hydrogens (tertiary/aromatic N) is 3. The number of hydrogen-bond donors (Lipinski definition) is 0. The lowest BCUT2D eigenvalue weighted by molar-refractivity contribution is 0.111. The van der Waals surface area contributed by atoms with Crippen molar-refractivity contribution in [2.75, 3.05) is 11.9 Å². The third-order valence-corrected chi connectivity index (χ3v) is 3.52. The first-order valence-electron chi connectivity index (χ1n) is 6.88. The van der Waals surface area contributed by atoms with Gasteiger partial charge in [-0.25, -0.2) is 4.98 Å². The monoisotopic (exact) mass is 279 g/mol. The number of fused-ring (bicyclic) bond motifs is 1. The lowest BCUT2D eigenvalue weighted by Crippen LogP contribution is -2.18. The van der Waals surface area contributed by atoms with Gasteiger partial charge in [-0.3, -0.25) is 9.20 Å². The molecule has 0 unspecified atom stereocenters. The van der Waals surface area contributed by atoms with E-state index in [0.29, 0.717) is 18.1 Å². The van der Waals surface area contributed by atoms with Gasteiger partial charge in [0.05, 0.1) is 0 Å². The van der Waals surface area contributed by atoms with Crippen molar-refractivity contribution in [1.29, 1.82) is 0 Å². The summed E-state index contributed by atoms with van der Waals surface area (Å²) in [5.74, 6) is 0.706. The normalized spacial score (nSPS) is 10.8. The fourth-order valence-electron chi connectivity index (χ4n) is 2.55. The standard InChI is InChI=1S/C17H17N3O/c1-13-6-5-7-14(10-13)11-19(2)17-15(12-21)20-9-4-3-8-16(20)18-17/h3-10,12H,11H2,1-2H3. The summed E-state index contributed by atoms with van der Waals surface area (Å²) in [5, 5.41) is 0. The average molecular weight is 279 g/mol. The minimum atomic E-state index is 0.584. The van der Waals surface area contributed by atoms with E-state index in [9.17, 15) is 4.79 Å². The van der Waals surface area contributed by atoms with Crippen molar-refractivity contribution in [2.45, 2.75) is 13.5 Å². The van der Waals surface area contributed by atoms with Gasteiger partial charge in [0.15, 0.2) is 12.1 Å². The predicted molar refractivity (Wildman–Crippen MR) is 83.9 cm³/mol. The molecule has 0 fully saturated rings. The average Bonchev–Trinajstić information content (AvgIpc) is 2.86. The number of aldehydes is 1. The molecule has 3 rings (SSSR count). The maximum Gasteiger partial charge on any atom is 0.170 e. The lowest BCUT2D eigenvalue weighted by Gasteiger charge is -2.17. The van der Waals surface area contributed by atoms with Crippen LogP contribution in [0.15, 0.2) is 48.7 Å². The zero-order valence-corrected chi connectivity index (χ0v) is 12.2. The van der Waals surface area contributed by atoms with Crippen LogP contribution in [-0.4, -0.2) is 22.7 Å². The Morgan fingerprint density at radius 2 is 2.10 bits per heavy atom. The molecule has 1 aromatic carbocycles. The SMILES string of the molecule is Cc1cccc(CN(C)c2nc3ccccn3c2C=O)c1. The molecule has 3 aromatic rings. The predicted octanol–water partition coefficient (Wildman–Crippen LogP) is 3.09. The highest BCUT2D eigenvalue weighted by Gasteiger charge is 2.15. The molecule has 106 valence electrons. The molecule has 0 saturated heterocycles. The second-order valence-electron chi connectivity index (χ2n) is 5.21. The van der Waals surface area contributed by atoms with Crippen LogP contribution >= 0.6 is 0 Å². The van der Waals surface area contributed by atoms with Gasteiger partial charge in [-0.15, -0.1) is 0 Å². The van der Waals surface area contributed by atoms with E-state index in [-0.39, 0.29) is 0 Å². The van der Waals surface area contributed by atoms with Crippen LogP contribution in [0.4, 0.5) is 5.82 Å². The second kappa shape index (κ2) is 5.40. The van der Waals surface area contributed by atoms with Crippen molar-refractivity contribution in [3.05, 3.63) is 65.5 Å². The van der Waals surface area contributed by atoms with Crippen LogP contribution in [0.25, 0.3) is 5.65 Å². The number of pyridine rings is 1. The van der Waals surface area contributed by atoms with Crippen LogP contribution in [0, 0.1) is 6.92 Å². The van der Waals surface area contributed by atoms with E-state index in [1.54, 1.807) is 0 Å². The van der Waals surface area contributed by atoms with Crippen molar-refractivity contribution in [3.8, 4) is 0 Å². The summed E-state index contributed by atoms with van der Waals surface area (Å²) in [6, 6.07) is 14.1. The molecule has 4 heteroatoms. The van der Waals surface area contributed by atoms with E-state index >= 15 is 0 Å². The van der Waals surface area contributed by atoms with Gasteiger partial charge >= 0.3 is 0 Å². The number of aromatic nitrogens is 2. The zero-order valence-electron chi connectivity index (χ0n) is 12.2. The fourth-order valence-corrected chi connectivity index (χ4v) is 2.55. The molecule has 2 heterocycles. The molecule has 0 saturated carbocycles. The molecule has 0 amide bonds. The van der Waals surface area contributed by atoms with Gasteiger partial charge in [0.1, 0.15) is 11.3 Å². The van der Waals surface area contributed by atoms with E-state index in [2.05, 4.69) is 30.1 Å². The highest BCUT2D eigenvalue weighted by molar-refractivity contribution is 5.83. The molecular weight excluding hydrogens is 262 g/mol. The summed E-state index contributed by atoms with van der Waals surface area (Å²) in [4.78, 5) is 18.0. The van der Waals surface area contributed by atoms with Gasteiger partial charge in [-0.05, 0) is 24.6 Å². The Kier molecular flexibility index (Phi) is 3.44. The molecule has 21 heavy (non-hydrogen) atoms. The van der Waals surface area contributed by atoms with E-state index in [0.717, 1.165) is 11.9 Å². The Morgan fingerprint density at radius 1 is 1.24 bits per heavy atom. The van der Waals surface area contributed by atoms with Crippen LogP contribution in [0.5, 0.6) is 0 Å². The highest BCUT2D eigenvalue weighted by Crippen LogP contribution is 2.21. The number of carbonyl (C=O) groups excluding carboxylic acids is 1. The largest absolute Gasteiger partial charge is 0.353 e. The molecule has 4 nitrogen and oxygen atoms in total. The number of hydrogen-bond acceptors (Lipinski definition) is 3. The Hall–Kier alpha value is -2.62. The number of imidazole rings is 1. The molecule has 0 aliphatic carbocycles. The first-order chi connectivity index (χ1) is 10.2. The Bertz CT molecular complexity index is 792. The quantitative estimate of drug-likeness (QED) is 0.689. The third kappa shape index (κ3) is 2.52. The number of rotatable bonds is 4. The maximum absolute atomic E-state index is 11.4. The molecule has 0 spiro atoms. The van der Waals surface area contributed by atoms with Crippen molar-refractivity contribution in [1.82, 2.24) is 9.38 Å². The maximum atomic E-state index is 11.4.